The summed E-state index contributed by atoms with van der Waals surface area (Å²) in [6.45, 7) is 5.57. The van der Waals surface area contributed by atoms with Crippen LogP contribution in [0.2, 0.25) is 0 Å². The van der Waals surface area contributed by atoms with Gasteiger partial charge in [0.25, 0.3) is 5.56 Å². The number of nitrogens with zero attached hydrogens (tertiary/aromatic N) is 4. The number of aromatic nitrogens is 4. The molecule has 2 aromatic rings. The van der Waals surface area contributed by atoms with Crippen molar-refractivity contribution in [2.24, 2.45) is 0 Å². The largest absolute Gasteiger partial charge is 0.316 e. The Hall–Kier alpha value is -1.95. The minimum atomic E-state index is 0.0626. The molecule has 6 nitrogen and oxygen atoms in total. The lowest BCUT2D eigenvalue weighted by atomic mass is 9.97. The summed E-state index contributed by atoms with van der Waals surface area (Å²) < 4.78 is 3.70. The fourth-order valence-electron chi connectivity index (χ4n) is 3.01. The fourth-order valence-corrected chi connectivity index (χ4v) is 3.01. The highest BCUT2D eigenvalue weighted by molar-refractivity contribution is 5.05. The highest BCUT2D eigenvalue weighted by Crippen LogP contribution is 2.20. The van der Waals surface area contributed by atoms with E-state index in [0.717, 1.165) is 37.4 Å². The van der Waals surface area contributed by atoms with Crippen LogP contribution in [0.5, 0.6) is 0 Å². The van der Waals surface area contributed by atoms with E-state index in [-0.39, 0.29) is 5.56 Å². The number of piperidine rings is 1. The van der Waals surface area contributed by atoms with Gasteiger partial charge in [0.15, 0.2) is 0 Å². The molecule has 0 amide bonds. The number of aryl methyl sites for hydroxylation is 2. The van der Waals surface area contributed by atoms with Gasteiger partial charge >= 0.3 is 0 Å². The maximum absolute atomic E-state index is 11.8. The molecule has 0 bridgehead atoms. The quantitative estimate of drug-likeness (QED) is 0.904. The van der Waals surface area contributed by atoms with Crippen molar-refractivity contribution in [2.75, 3.05) is 13.1 Å². The molecule has 1 fully saturated rings. The van der Waals surface area contributed by atoms with Gasteiger partial charge in [-0.15, -0.1) is 5.10 Å². The van der Waals surface area contributed by atoms with Gasteiger partial charge in [0.1, 0.15) is 0 Å². The van der Waals surface area contributed by atoms with Gasteiger partial charge in [-0.2, -0.15) is 0 Å². The van der Waals surface area contributed by atoms with Crippen LogP contribution in [0.4, 0.5) is 0 Å². The topological polar surface area (TPSA) is 64.7 Å². The molecule has 6 heteroatoms. The molecule has 2 aromatic heterocycles. The van der Waals surface area contributed by atoms with Crippen LogP contribution in [0.25, 0.3) is 0 Å². The third-order valence-electron chi connectivity index (χ3n) is 4.31. The zero-order valence-electron chi connectivity index (χ0n) is 13.0. The van der Waals surface area contributed by atoms with Crippen molar-refractivity contribution in [2.45, 2.75) is 45.2 Å². The Labute approximate surface area is 130 Å². The molecule has 0 spiro atoms. The molecule has 0 radical (unpaired) electrons. The zero-order chi connectivity index (χ0) is 15.4. The Bertz CT molecular complexity index is 669. The molecular formula is C16H23N5O. The van der Waals surface area contributed by atoms with Crippen LogP contribution in [0.1, 0.15) is 36.6 Å². The van der Waals surface area contributed by atoms with E-state index in [4.69, 9.17) is 0 Å². The maximum Gasteiger partial charge on any atom is 0.250 e. The first-order valence-corrected chi connectivity index (χ1v) is 8.01. The van der Waals surface area contributed by atoms with Crippen LogP contribution < -0.4 is 10.9 Å². The summed E-state index contributed by atoms with van der Waals surface area (Å²) in [7, 11) is 0. The van der Waals surface area contributed by atoms with E-state index in [0.29, 0.717) is 12.5 Å². The van der Waals surface area contributed by atoms with Crippen molar-refractivity contribution in [1.82, 2.24) is 24.9 Å². The molecule has 3 rings (SSSR count). The summed E-state index contributed by atoms with van der Waals surface area (Å²) in [4.78, 5) is 11.8. The van der Waals surface area contributed by atoms with Crippen LogP contribution >= 0.6 is 0 Å². The molecular weight excluding hydrogens is 278 g/mol. The smallest absolute Gasteiger partial charge is 0.250 e. The molecule has 0 aromatic carbocycles. The normalized spacial score (nSPS) is 18.5. The van der Waals surface area contributed by atoms with Crippen LogP contribution in [-0.4, -0.2) is 32.7 Å². The fraction of sp³-hybridized carbons (Fsp3) is 0.562. The van der Waals surface area contributed by atoms with Crippen LogP contribution in [0.3, 0.4) is 0 Å². The van der Waals surface area contributed by atoms with Crippen LogP contribution in [-0.2, 0) is 13.1 Å². The first-order valence-electron chi connectivity index (χ1n) is 8.01. The van der Waals surface area contributed by atoms with E-state index in [9.17, 15) is 4.79 Å². The van der Waals surface area contributed by atoms with E-state index in [1.807, 2.05) is 22.2 Å². The van der Waals surface area contributed by atoms with Crippen molar-refractivity contribution >= 4 is 0 Å². The van der Waals surface area contributed by atoms with Gasteiger partial charge in [-0.1, -0.05) is 11.3 Å². The maximum atomic E-state index is 11.8. The van der Waals surface area contributed by atoms with E-state index in [1.54, 1.807) is 12.1 Å². The zero-order valence-corrected chi connectivity index (χ0v) is 13.0. The van der Waals surface area contributed by atoms with Gasteiger partial charge in [0, 0.05) is 43.5 Å². The van der Waals surface area contributed by atoms with Gasteiger partial charge in [-0.3, -0.25) is 9.48 Å². The van der Waals surface area contributed by atoms with Crippen molar-refractivity contribution in [3.63, 3.8) is 0 Å². The molecule has 1 saturated heterocycles. The molecule has 0 saturated carbocycles. The summed E-state index contributed by atoms with van der Waals surface area (Å²) in [5.41, 5.74) is 2.15. The second kappa shape index (κ2) is 6.87. The van der Waals surface area contributed by atoms with Gasteiger partial charge < -0.3 is 9.88 Å². The first kappa shape index (κ1) is 15.0. The second-order valence-electron chi connectivity index (χ2n) is 5.96. The lowest BCUT2D eigenvalue weighted by Crippen LogP contribution is -2.28. The third kappa shape index (κ3) is 3.44. The molecule has 1 unspecified atom stereocenters. The van der Waals surface area contributed by atoms with Gasteiger partial charge in [-0.25, -0.2) is 0 Å². The van der Waals surface area contributed by atoms with Crippen molar-refractivity contribution in [3.05, 3.63) is 46.1 Å². The SMILES string of the molecule is Cc1cccc(=O)n1CCCn1cc(C2CCCNC2)nn1. The molecule has 3 heterocycles. The predicted octanol–water partition coefficient (Wildman–Crippen LogP) is 1.31. The van der Waals surface area contributed by atoms with Gasteiger partial charge in [0.05, 0.1) is 5.69 Å². The Morgan fingerprint density at radius 2 is 2.27 bits per heavy atom. The Kier molecular flexibility index (Phi) is 4.68. The first-order chi connectivity index (χ1) is 10.7. The summed E-state index contributed by atoms with van der Waals surface area (Å²) in [6.07, 6.45) is 5.31. The van der Waals surface area contributed by atoms with Crippen LogP contribution in [0, 0.1) is 6.92 Å². The third-order valence-corrected chi connectivity index (χ3v) is 4.31. The molecule has 1 aliphatic rings. The van der Waals surface area contributed by atoms with Gasteiger partial charge in [-0.05, 0) is 38.8 Å². The van der Waals surface area contributed by atoms with Crippen molar-refractivity contribution in [1.29, 1.82) is 0 Å². The summed E-state index contributed by atoms with van der Waals surface area (Å²) in [6, 6.07) is 5.37. The summed E-state index contributed by atoms with van der Waals surface area (Å²) in [5.74, 6) is 0.487. The molecule has 1 aliphatic heterocycles. The highest BCUT2D eigenvalue weighted by Gasteiger charge is 2.18. The number of nitrogens with one attached hydrogen (secondary N) is 1. The lowest BCUT2D eigenvalue weighted by Gasteiger charge is -2.20. The average Bonchev–Trinajstić information content (AvgIpc) is 3.00. The molecule has 118 valence electrons. The number of rotatable bonds is 5. The average molecular weight is 301 g/mol. The molecule has 0 aliphatic carbocycles. The van der Waals surface area contributed by atoms with E-state index < -0.39 is 0 Å². The Morgan fingerprint density at radius 1 is 1.36 bits per heavy atom. The van der Waals surface area contributed by atoms with E-state index in [2.05, 4.69) is 21.8 Å². The van der Waals surface area contributed by atoms with Crippen molar-refractivity contribution in [3.8, 4) is 0 Å². The van der Waals surface area contributed by atoms with Gasteiger partial charge in [0.2, 0.25) is 0 Å². The Balaban J connectivity index is 1.56. The van der Waals surface area contributed by atoms with E-state index >= 15 is 0 Å². The molecule has 1 atom stereocenters. The minimum Gasteiger partial charge on any atom is -0.316 e. The number of hydrogen-bond acceptors (Lipinski definition) is 4. The molecule has 22 heavy (non-hydrogen) atoms. The monoisotopic (exact) mass is 301 g/mol. The highest BCUT2D eigenvalue weighted by atomic mass is 16.1. The van der Waals surface area contributed by atoms with E-state index in [1.165, 1.54) is 12.8 Å². The van der Waals surface area contributed by atoms with Crippen LogP contribution in [0.15, 0.2) is 29.2 Å². The predicted molar refractivity (Wildman–Crippen MR) is 84.9 cm³/mol. The number of pyridine rings is 1. The second-order valence-corrected chi connectivity index (χ2v) is 5.96. The summed E-state index contributed by atoms with van der Waals surface area (Å²) in [5, 5.41) is 11.9. The van der Waals surface area contributed by atoms with Crippen molar-refractivity contribution < 1.29 is 0 Å². The standard InChI is InChI=1S/C16H23N5O/c1-13-5-2-7-16(22)21(13)10-4-9-20-12-15(18-19-20)14-6-3-8-17-11-14/h2,5,7,12,14,17H,3-4,6,8-11H2,1H3. The minimum absolute atomic E-state index is 0.0626. The number of hydrogen-bond donors (Lipinski definition) is 1. The molecule has 1 N–H and O–H groups in total. The Morgan fingerprint density at radius 3 is 3.05 bits per heavy atom. The lowest BCUT2D eigenvalue weighted by molar-refractivity contribution is 0.454. The summed E-state index contributed by atoms with van der Waals surface area (Å²) >= 11 is 0.